The summed E-state index contributed by atoms with van der Waals surface area (Å²) in [5.41, 5.74) is 0.829. The van der Waals surface area contributed by atoms with Crippen molar-refractivity contribution in [1.82, 2.24) is 0 Å². The van der Waals surface area contributed by atoms with Crippen molar-refractivity contribution in [3.05, 3.63) is 68.7 Å². The molecule has 0 aliphatic rings. The topological polar surface area (TPSA) is 87.9 Å². The van der Waals surface area contributed by atoms with Gasteiger partial charge in [0.05, 0.1) is 29.2 Å². The number of benzene rings is 2. The number of esters is 1. The molecule has 0 spiro atoms. The third-order valence-corrected chi connectivity index (χ3v) is 3.79. The Morgan fingerprint density at radius 3 is 2.70 bits per heavy atom. The van der Waals surface area contributed by atoms with Crippen molar-refractivity contribution in [3.63, 3.8) is 0 Å². The fourth-order valence-electron chi connectivity index (χ4n) is 2.29. The number of ether oxygens (including phenoxy) is 3. The lowest BCUT2D eigenvalue weighted by molar-refractivity contribution is -0.385. The predicted octanol–water partition coefficient (Wildman–Crippen LogP) is 4.41. The standard InChI is InChI=1S/C19H18ClNO6/c1-3-26-19-15(20)10-13(11-17(19)25-2)8-9-18(22)27-12-14-6-4-5-7-16(14)21(23)24/h4-11H,3,12H2,1-2H3/b9-8+. The van der Waals surface area contributed by atoms with Gasteiger partial charge in [-0.15, -0.1) is 0 Å². The number of methoxy groups -OCH3 is 1. The molecule has 0 bridgehead atoms. The van der Waals surface area contributed by atoms with Crippen molar-refractivity contribution in [3.8, 4) is 11.5 Å². The van der Waals surface area contributed by atoms with E-state index < -0.39 is 10.9 Å². The Morgan fingerprint density at radius 2 is 2.04 bits per heavy atom. The van der Waals surface area contributed by atoms with E-state index in [1.165, 1.54) is 31.4 Å². The Bertz CT molecular complexity index is 865. The minimum atomic E-state index is -0.642. The lowest BCUT2D eigenvalue weighted by atomic mass is 10.2. The first-order valence-corrected chi connectivity index (χ1v) is 8.41. The molecule has 0 heterocycles. The van der Waals surface area contributed by atoms with Crippen LogP contribution in [-0.2, 0) is 16.1 Å². The number of rotatable bonds is 8. The molecule has 2 rings (SSSR count). The quantitative estimate of drug-likeness (QED) is 0.286. The Hall–Kier alpha value is -3.06. The minimum Gasteiger partial charge on any atom is -0.493 e. The molecule has 0 atom stereocenters. The predicted molar refractivity (Wildman–Crippen MR) is 101 cm³/mol. The maximum atomic E-state index is 11.9. The lowest BCUT2D eigenvalue weighted by Gasteiger charge is -2.11. The van der Waals surface area contributed by atoms with Gasteiger partial charge in [0, 0.05) is 12.1 Å². The zero-order valence-electron chi connectivity index (χ0n) is 14.8. The summed E-state index contributed by atoms with van der Waals surface area (Å²) in [4.78, 5) is 22.4. The van der Waals surface area contributed by atoms with Gasteiger partial charge in [0.25, 0.3) is 5.69 Å². The van der Waals surface area contributed by atoms with E-state index in [9.17, 15) is 14.9 Å². The molecular weight excluding hydrogens is 374 g/mol. The van der Waals surface area contributed by atoms with Crippen LogP contribution in [-0.4, -0.2) is 24.6 Å². The van der Waals surface area contributed by atoms with Gasteiger partial charge in [0.1, 0.15) is 6.61 Å². The van der Waals surface area contributed by atoms with Crippen LogP contribution in [0, 0.1) is 10.1 Å². The molecule has 0 radical (unpaired) electrons. The van der Waals surface area contributed by atoms with Crippen molar-refractivity contribution in [1.29, 1.82) is 0 Å². The van der Waals surface area contributed by atoms with Crippen molar-refractivity contribution in [2.75, 3.05) is 13.7 Å². The van der Waals surface area contributed by atoms with Crippen LogP contribution in [0.1, 0.15) is 18.1 Å². The Balaban J connectivity index is 2.07. The molecule has 0 amide bonds. The van der Waals surface area contributed by atoms with Gasteiger partial charge in [0.15, 0.2) is 11.5 Å². The van der Waals surface area contributed by atoms with Crippen LogP contribution in [0.3, 0.4) is 0 Å². The summed E-state index contributed by atoms with van der Waals surface area (Å²) in [6, 6.07) is 9.37. The molecule has 2 aromatic carbocycles. The van der Waals surface area contributed by atoms with Gasteiger partial charge >= 0.3 is 5.97 Å². The highest BCUT2D eigenvalue weighted by molar-refractivity contribution is 6.32. The van der Waals surface area contributed by atoms with Crippen LogP contribution in [0.25, 0.3) is 6.08 Å². The molecule has 2 aromatic rings. The second kappa shape index (κ2) is 9.59. The molecule has 27 heavy (non-hydrogen) atoms. The van der Waals surface area contributed by atoms with Gasteiger partial charge in [-0.2, -0.15) is 0 Å². The highest BCUT2D eigenvalue weighted by Gasteiger charge is 2.14. The fraction of sp³-hybridized carbons (Fsp3) is 0.211. The van der Waals surface area contributed by atoms with Crippen molar-refractivity contribution < 1.29 is 23.9 Å². The van der Waals surface area contributed by atoms with E-state index in [1.54, 1.807) is 24.3 Å². The molecule has 0 unspecified atom stereocenters. The van der Waals surface area contributed by atoms with Crippen LogP contribution in [0.4, 0.5) is 5.69 Å². The average molecular weight is 392 g/mol. The average Bonchev–Trinajstić information content (AvgIpc) is 2.66. The highest BCUT2D eigenvalue weighted by Crippen LogP contribution is 2.36. The van der Waals surface area contributed by atoms with Crippen molar-refractivity contribution in [2.45, 2.75) is 13.5 Å². The van der Waals surface area contributed by atoms with Gasteiger partial charge in [-0.05, 0) is 36.8 Å². The molecule has 0 aliphatic carbocycles. The SMILES string of the molecule is CCOc1c(Cl)cc(/C=C/C(=O)OCc2ccccc2[N+](=O)[O-])cc1OC. The van der Waals surface area contributed by atoms with Gasteiger partial charge in [0.2, 0.25) is 0 Å². The minimum absolute atomic E-state index is 0.0997. The third kappa shape index (κ3) is 5.46. The maximum Gasteiger partial charge on any atom is 0.331 e. The first-order chi connectivity index (χ1) is 13.0. The Morgan fingerprint density at radius 1 is 1.30 bits per heavy atom. The van der Waals surface area contributed by atoms with E-state index >= 15 is 0 Å². The third-order valence-electron chi connectivity index (χ3n) is 3.51. The van der Waals surface area contributed by atoms with Crippen molar-refractivity contribution in [2.24, 2.45) is 0 Å². The molecule has 142 valence electrons. The van der Waals surface area contributed by atoms with E-state index in [1.807, 2.05) is 6.92 Å². The molecule has 0 N–H and O–H groups in total. The molecule has 0 saturated carbocycles. The van der Waals surface area contributed by atoms with E-state index in [-0.39, 0.29) is 12.3 Å². The van der Waals surface area contributed by atoms with E-state index in [4.69, 9.17) is 25.8 Å². The summed E-state index contributed by atoms with van der Waals surface area (Å²) in [6.45, 7) is 2.06. The van der Waals surface area contributed by atoms with Gasteiger partial charge in [-0.1, -0.05) is 23.7 Å². The fourth-order valence-corrected chi connectivity index (χ4v) is 2.57. The van der Waals surface area contributed by atoms with Crippen LogP contribution < -0.4 is 9.47 Å². The molecule has 7 nitrogen and oxygen atoms in total. The van der Waals surface area contributed by atoms with E-state index in [0.29, 0.717) is 34.3 Å². The monoisotopic (exact) mass is 391 g/mol. The largest absolute Gasteiger partial charge is 0.493 e. The van der Waals surface area contributed by atoms with E-state index in [0.717, 1.165) is 0 Å². The number of halogens is 1. The van der Waals surface area contributed by atoms with E-state index in [2.05, 4.69) is 0 Å². The molecule has 0 aromatic heterocycles. The maximum absolute atomic E-state index is 11.9. The van der Waals surface area contributed by atoms with Gasteiger partial charge in [-0.25, -0.2) is 4.79 Å². The lowest BCUT2D eigenvalue weighted by Crippen LogP contribution is -2.03. The molecular formula is C19H18ClNO6. The zero-order chi connectivity index (χ0) is 19.8. The number of hydrogen-bond acceptors (Lipinski definition) is 6. The van der Waals surface area contributed by atoms with Crippen LogP contribution in [0.15, 0.2) is 42.5 Å². The van der Waals surface area contributed by atoms with Crippen LogP contribution in [0.5, 0.6) is 11.5 Å². The van der Waals surface area contributed by atoms with Crippen LogP contribution in [0.2, 0.25) is 5.02 Å². The zero-order valence-corrected chi connectivity index (χ0v) is 15.6. The summed E-state index contributed by atoms with van der Waals surface area (Å²) in [5.74, 6) is 0.229. The number of nitrogens with zero attached hydrogens (tertiary/aromatic N) is 1. The van der Waals surface area contributed by atoms with Crippen molar-refractivity contribution >= 4 is 29.3 Å². The van der Waals surface area contributed by atoms with Gasteiger partial charge in [-0.3, -0.25) is 10.1 Å². The smallest absolute Gasteiger partial charge is 0.331 e. The van der Waals surface area contributed by atoms with Crippen LogP contribution >= 0.6 is 11.6 Å². The van der Waals surface area contributed by atoms with Gasteiger partial charge < -0.3 is 14.2 Å². The molecule has 0 saturated heterocycles. The summed E-state index contributed by atoms with van der Waals surface area (Å²) < 4.78 is 15.7. The molecule has 0 fully saturated rings. The summed E-state index contributed by atoms with van der Waals surface area (Å²) >= 11 is 6.18. The number of nitro benzene ring substituents is 1. The Labute approximate surface area is 161 Å². The highest BCUT2D eigenvalue weighted by atomic mass is 35.5. The Kier molecular flexibility index (Phi) is 7.19. The molecule has 0 aliphatic heterocycles. The normalized spacial score (nSPS) is 10.6. The number of para-hydroxylation sites is 1. The summed E-state index contributed by atoms with van der Waals surface area (Å²) in [5, 5.41) is 11.3. The first kappa shape index (κ1) is 20.3. The first-order valence-electron chi connectivity index (χ1n) is 8.03. The number of carbonyl (C=O) groups is 1. The summed E-state index contributed by atoms with van der Waals surface area (Å²) in [6.07, 6.45) is 2.71. The second-order valence-corrected chi connectivity index (χ2v) is 5.70. The second-order valence-electron chi connectivity index (χ2n) is 5.29. The molecule has 8 heteroatoms. The summed E-state index contributed by atoms with van der Waals surface area (Å²) in [7, 11) is 1.49. The number of carbonyl (C=O) groups excluding carboxylic acids is 1. The number of nitro groups is 1. The number of hydrogen-bond donors (Lipinski definition) is 0.